The molecule has 0 radical (unpaired) electrons. The Bertz CT molecular complexity index is 1800. The Labute approximate surface area is 310 Å². The van der Waals surface area contributed by atoms with Crippen molar-refractivity contribution in [1.29, 1.82) is 5.26 Å². The number of aromatic nitrogens is 1. The number of ether oxygens (including phenoxy) is 3. The molecule has 1 saturated heterocycles. The molecule has 3 aromatic carbocycles. The van der Waals surface area contributed by atoms with Crippen LogP contribution in [-0.4, -0.2) is 65.1 Å². The second kappa shape index (κ2) is 19.1. The van der Waals surface area contributed by atoms with Crippen LogP contribution >= 0.6 is 23.2 Å². The predicted octanol–water partition coefficient (Wildman–Crippen LogP) is 7.48. The topological polar surface area (TPSA) is 120 Å². The maximum Gasteiger partial charge on any atom is 0.142 e. The van der Waals surface area contributed by atoms with E-state index in [9.17, 15) is 10.4 Å². The molecule has 1 aliphatic rings. The van der Waals surface area contributed by atoms with Crippen LogP contribution in [0.4, 0.5) is 0 Å². The van der Waals surface area contributed by atoms with Crippen LogP contribution in [0, 0.1) is 18.3 Å². The van der Waals surface area contributed by atoms with Crippen molar-refractivity contribution < 1.29 is 24.4 Å². The maximum atomic E-state index is 9.48. The van der Waals surface area contributed by atoms with Crippen molar-refractivity contribution in [2.24, 2.45) is 0 Å². The Hall–Kier alpha value is -3.88. The summed E-state index contributed by atoms with van der Waals surface area (Å²) >= 11 is 13.9. The zero-order chi connectivity index (χ0) is 36.2. The Morgan fingerprint density at radius 3 is 2.59 bits per heavy atom. The second-order valence-electron chi connectivity index (χ2n) is 12.9. The summed E-state index contributed by atoms with van der Waals surface area (Å²) in [6.45, 7) is 7.66. The molecule has 0 bridgehead atoms. The van der Waals surface area contributed by atoms with Crippen molar-refractivity contribution >= 4 is 23.2 Å². The van der Waals surface area contributed by atoms with Crippen molar-refractivity contribution in [2.45, 2.75) is 71.4 Å². The molecule has 2 heterocycles. The van der Waals surface area contributed by atoms with Crippen LogP contribution in [0.5, 0.6) is 17.2 Å². The number of nitrogens with zero attached hydrogens (tertiary/aromatic N) is 3. The number of pyridine rings is 1. The van der Waals surface area contributed by atoms with Gasteiger partial charge in [0.1, 0.15) is 36.5 Å². The van der Waals surface area contributed by atoms with Crippen molar-refractivity contribution in [2.75, 3.05) is 32.8 Å². The van der Waals surface area contributed by atoms with Gasteiger partial charge in [0.2, 0.25) is 0 Å². The molecule has 0 spiro atoms. The van der Waals surface area contributed by atoms with Crippen LogP contribution < -0.4 is 19.5 Å². The van der Waals surface area contributed by atoms with E-state index in [0.717, 1.165) is 64.9 Å². The van der Waals surface area contributed by atoms with Crippen LogP contribution in [-0.2, 0) is 19.8 Å². The summed E-state index contributed by atoms with van der Waals surface area (Å²) in [5.41, 5.74) is 5.86. The molecule has 0 amide bonds. The van der Waals surface area contributed by atoms with Crippen molar-refractivity contribution in [3.8, 4) is 34.4 Å². The maximum absolute atomic E-state index is 9.48. The highest BCUT2D eigenvalue weighted by Gasteiger charge is 2.22. The zero-order valence-corrected chi connectivity index (χ0v) is 30.7. The predicted molar refractivity (Wildman–Crippen MR) is 200 cm³/mol. The summed E-state index contributed by atoms with van der Waals surface area (Å²) in [5, 5.41) is 31.9. The highest BCUT2D eigenvalue weighted by atomic mass is 35.5. The molecule has 2 atom stereocenters. The first kappa shape index (κ1) is 38.4. The number of piperidine rings is 1. The minimum Gasteiger partial charge on any atom is -0.493 e. The zero-order valence-electron chi connectivity index (χ0n) is 29.2. The summed E-state index contributed by atoms with van der Waals surface area (Å²) < 4.78 is 18.8. The molecule has 1 aromatic heterocycles. The fraction of sp³-hybridized carbons (Fsp3) is 0.400. The van der Waals surface area contributed by atoms with Gasteiger partial charge in [-0.3, -0.25) is 9.88 Å². The van der Waals surface area contributed by atoms with Crippen molar-refractivity contribution in [3.05, 3.63) is 105 Å². The van der Waals surface area contributed by atoms with Gasteiger partial charge in [0.15, 0.2) is 0 Å². The van der Waals surface area contributed by atoms with Gasteiger partial charge in [-0.15, -0.1) is 0 Å². The summed E-state index contributed by atoms with van der Waals surface area (Å²) in [7, 11) is 0. The van der Waals surface area contributed by atoms with Crippen LogP contribution in [0.3, 0.4) is 0 Å². The average molecular weight is 734 g/mol. The largest absolute Gasteiger partial charge is 0.493 e. The Balaban J connectivity index is 1.30. The molecule has 0 aliphatic carbocycles. The molecule has 0 unspecified atom stereocenters. The molecule has 1 aliphatic heterocycles. The number of nitriles is 1. The molecule has 5 rings (SSSR count). The third-order valence-corrected chi connectivity index (χ3v) is 9.87. The molecule has 270 valence electrons. The molecule has 3 N–H and O–H groups in total. The van der Waals surface area contributed by atoms with Gasteiger partial charge in [-0.25, -0.2) is 0 Å². The minimum absolute atomic E-state index is 0.190. The lowest BCUT2D eigenvalue weighted by Crippen LogP contribution is -2.36. The van der Waals surface area contributed by atoms with Crippen LogP contribution in [0.2, 0.25) is 10.0 Å². The smallest absolute Gasteiger partial charge is 0.142 e. The summed E-state index contributed by atoms with van der Waals surface area (Å²) in [6, 6.07) is 20.0. The lowest BCUT2D eigenvalue weighted by molar-refractivity contribution is 0.0942. The van der Waals surface area contributed by atoms with Gasteiger partial charge in [0, 0.05) is 59.8 Å². The van der Waals surface area contributed by atoms with Crippen LogP contribution in [0.1, 0.15) is 60.4 Å². The van der Waals surface area contributed by atoms with Gasteiger partial charge < -0.3 is 29.7 Å². The first-order chi connectivity index (χ1) is 24.8. The molecular weight excluding hydrogens is 687 g/mol. The molecule has 4 aromatic rings. The summed E-state index contributed by atoms with van der Waals surface area (Å²) in [5.74, 6) is 1.92. The standard InChI is InChI=1S/C40H46Cl2N4O5/c1-27-8-3-4-14-46(27)23-32-17-36(41)39(18-38(32)50-25-30-16-29(19-43)20-45-21-30)51-26-31-9-5-11-35(40(31)42)34-10-6-12-37(28(34)2)49-15-7-13-44-22-33(48)24-47/h5-6,9-12,16-18,20-21,27,33,44,47-48H,3-4,7-8,13-15,22-26H2,1-2H3/t27-,33+/m1/s1. The van der Waals surface area contributed by atoms with E-state index < -0.39 is 6.10 Å². The number of likely N-dealkylation sites (tertiary alicyclic amines) is 1. The van der Waals surface area contributed by atoms with E-state index in [1.54, 1.807) is 12.3 Å². The van der Waals surface area contributed by atoms with E-state index in [1.807, 2.05) is 55.5 Å². The first-order valence-electron chi connectivity index (χ1n) is 17.4. The van der Waals surface area contributed by atoms with Gasteiger partial charge in [-0.1, -0.05) is 60.0 Å². The highest BCUT2D eigenvalue weighted by molar-refractivity contribution is 6.34. The van der Waals surface area contributed by atoms with E-state index in [0.29, 0.717) is 59.4 Å². The van der Waals surface area contributed by atoms with E-state index in [4.69, 9.17) is 42.5 Å². The van der Waals surface area contributed by atoms with E-state index in [-0.39, 0.29) is 19.8 Å². The van der Waals surface area contributed by atoms with Gasteiger partial charge in [-0.05, 0) is 75.5 Å². The van der Waals surface area contributed by atoms with Gasteiger partial charge >= 0.3 is 0 Å². The van der Waals surface area contributed by atoms with E-state index in [2.05, 4.69) is 28.2 Å². The Kier molecular flexibility index (Phi) is 14.4. The first-order valence-corrected chi connectivity index (χ1v) is 18.2. The minimum atomic E-state index is -0.763. The number of rotatable bonds is 17. The normalized spacial score (nSPS) is 15.3. The van der Waals surface area contributed by atoms with Crippen LogP contribution in [0.15, 0.2) is 67.0 Å². The third kappa shape index (κ3) is 10.6. The highest BCUT2D eigenvalue weighted by Crippen LogP contribution is 2.39. The van der Waals surface area contributed by atoms with Gasteiger partial charge in [0.25, 0.3) is 0 Å². The molecule has 9 nitrogen and oxygen atoms in total. The summed E-state index contributed by atoms with van der Waals surface area (Å²) in [6.07, 6.45) is 6.77. The Morgan fingerprint density at radius 1 is 0.980 bits per heavy atom. The van der Waals surface area contributed by atoms with Gasteiger partial charge in [-0.2, -0.15) is 5.26 Å². The molecular formula is C40H46Cl2N4O5. The number of benzene rings is 3. The van der Waals surface area contributed by atoms with E-state index >= 15 is 0 Å². The molecule has 1 fully saturated rings. The quantitative estimate of drug-likeness (QED) is 0.0950. The number of aliphatic hydroxyl groups excluding tert-OH is 2. The van der Waals surface area contributed by atoms with Gasteiger partial charge in [0.05, 0.1) is 34.9 Å². The number of nitrogens with one attached hydrogen (secondary N) is 1. The monoisotopic (exact) mass is 732 g/mol. The number of halogens is 2. The number of hydrogen-bond acceptors (Lipinski definition) is 9. The van der Waals surface area contributed by atoms with E-state index in [1.165, 1.54) is 12.6 Å². The molecule has 51 heavy (non-hydrogen) atoms. The second-order valence-corrected chi connectivity index (χ2v) is 13.7. The third-order valence-electron chi connectivity index (χ3n) is 9.13. The van der Waals surface area contributed by atoms with Crippen molar-refractivity contribution in [1.82, 2.24) is 15.2 Å². The molecule has 11 heteroatoms. The molecule has 0 saturated carbocycles. The Morgan fingerprint density at radius 2 is 1.78 bits per heavy atom. The SMILES string of the molecule is Cc1c(OCCCNC[C@H](O)CO)cccc1-c1cccc(COc2cc(OCc3cncc(C#N)c3)c(CN3CCCC[C@H]3C)cc2Cl)c1Cl. The number of aliphatic hydroxyl groups is 2. The number of hydrogen-bond donors (Lipinski definition) is 3. The van der Waals surface area contributed by atoms with Crippen molar-refractivity contribution in [3.63, 3.8) is 0 Å². The fourth-order valence-corrected chi connectivity index (χ4v) is 6.70. The fourth-order valence-electron chi connectivity index (χ4n) is 6.17. The lowest BCUT2D eigenvalue weighted by atomic mass is 9.98. The average Bonchev–Trinajstić information content (AvgIpc) is 3.14. The summed E-state index contributed by atoms with van der Waals surface area (Å²) in [4.78, 5) is 6.63. The van der Waals surface area contributed by atoms with Crippen LogP contribution in [0.25, 0.3) is 11.1 Å². The lowest BCUT2D eigenvalue weighted by Gasteiger charge is -2.33.